The van der Waals surface area contributed by atoms with Gasteiger partial charge in [0, 0.05) is 23.7 Å². The Hall–Kier alpha value is -1.49. The van der Waals surface area contributed by atoms with Crippen LogP contribution in [0.1, 0.15) is 39.7 Å². The number of hydrogen-bond donors (Lipinski definition) is 2. The molecule has 0 spiro atoms. The molecule has 0 fully saturated rings. The first kappa shape index (κ1) is 16.6. The minimum atomic E-state index is -0.612. The van der Waals surface area contributed by atoms with E-state index in [1.165, 1.54) is 12.1 Å². The maximum atomic E-state index is 13.4. The van der Waals surface area contributed by atoms with Crippen molar-refractivity contribution in [1.82, 2.24) is 10.6 Å². The average molecular weight is 284 g/mol. The molecule has 1 unspecified atom stereocenters. The molecular weight excluding hydrogens is 262 g/mol. The van der Waals surface area contributed by atoms with E-state index in [4.69, 9.17) is 0 Å². The van der Waals surface area contributed by atoms with E-state index in [1.54, 1.807) is 6.92 Å². The van der Waals surface area contributed by atoms with Gasteiger partial charge in [0.25, 0.3) is 0 Å². The van der Waals surface area contributed by atoms with Crippen molar-refractivity contribution in [3.63, 3.8) is 0 Å². The largest absolute Gasteiger partial charge is 0.350 e. The quantitative estimate of drug-likeness (QED) is 0.843. The van der Waals surface area contributed by atoms with Gasteiger partial charge in [-0.25, -0.2) is 8.78 Å². The molecule has 0 aliphatic rings. The van der Waals surface area contributed by atoms with Crippen molar-refractivity contribution in [2.45, 2.75) is 52.2 Å². The first-order valence-corrected chi connectivity index (χ1v) is 6.74. The average Bonchev–Trinajstić information content (AvgIpc) is 2.36. The highest BCUT2D eigenvalue weighted by molar-refractivity contribution is 5.81. The van der Waals surface area contributed by atoms with Crippen LogP contribution >= 0.6 is 0 Å². The van der Waals surface area contributed by atoms with Crippen LogP contribution in [0.25, 0.3) is 0 Å². The Labute approximate surface area is 118 Å². The molecule has 3 nitrogen and oxygen atoms in total. The fourth-order valence-corrected chi connectivity index (χ4v) is 1.55. The van der Waals surface area contributed by atoms with E-state index < -0.39 is 17.7 Å². The first-order valence-electron chi connectivity index (χ1n) is 6.74. The maximum Gasteiger partial charge on any atom is 0.237 e. The Balaban J connectivity index is 2.54. The molecule has 0 bridgehead atoms. The Bertz CT molecular complexity index is 475. The summed E-state index contributed by atoms with van der Waals surface area (Å²) in [4.78, 5) is 12.0. The van der Waals surface area contributed by atoms with Gasteiger partial charge in [-0.05, 0) is 33.3 Å². The summed E-state index contributed by atoms with van der Waals surface area (Å²) in [5.41, 5.74) is 0.0644. The molecular formula is C15H22F2N2O. The van der Waals surface area contributed by atoms with Crippen LogP contribution in [0.3, 0.4) is 0 Å². The summed E-state index contributed by atoms with van der Waals surface area (Å²) in [6.45, 7) is 7.76. The van der Waals surface area contributed by atoms with Crippen molar-refractivity contribution in [3.05, 3.63) is 35.4 Å². The van der Waals surface area contributed by atoms with Crippen molar-refractivity contribution in [2.75, 3.05) is 0 Å². The molecule has 0 aliphatic heterocycles. The number of benzene rings is 1. The van der Waals surface area contributed by atoms with E-state index in [2.05, 4.69) is 10.6 Å². The number of nitrogens with one attached hydrogen (secondary N) is 2. The van der Waals surface area contributed by atoms with Crippen molar-refractivity contribution in [2.24, 2.45) is 0 Å². The van der Waals surface area contributed by atoms with E-state index >= 15 is 0 Å². The maximum absolute atomic E-state index is 13.4. The zero-order valence-electron chi connectivity index (χ0n) is 12.4. The summed E-state index contributed by atoms with van der Waals surface area (Å²) in [6.07, 6.45) is 0.818. The Morgan fingerprint density at radius 3 is 2.55 bits per heavy atom. The molecule has 112 valence electrons. The Kier molecular flexibility index (Phi) is 5.62. The lowest BCUT2D eigenvalue weighted by atomic mass is 10.0. The van der Waals surface area contributed by atoms with Gasteiger partial charge in [-0.15, -0.1) is 0 Å². The first-order chi connectivity index (χ1) is 9.25. The van der Waals surface area contributed by atoms with E-state index in [-0.39, 0.29) is 18.0 Å². The van der Waals surface area contributed by atoms with Crippen LogP contribution in [-0.4, -0.2) is 17.5 Å². The SMILES string of the molecule is CCC(C)(C)NC(=O)C(C)NCc1ccc(F)cc1F. The molecule has 0 radical (unpaired) electrons. The zero-order chi connectivity index (χ0) is 15.3. The van der Waals surface area contributed by atoms with Crippen LogP contribution in [0.2, 0.25) is 0 Å². The van der Waals surface area contributed by atoms with Crippen LogP contribution in [0.4, 0.5) is 8.78 Å². The standard InChI is InChI=1S/C15H22F2N2O/c1-5-15(3,4)19-14(20)10(2)18-9-11-6-7-12(16)8-13(11)17/h6-8,10,18H,5,9H2,1-4H3,(H,19,20). The van der Waals surface area contributed by atoms with Gasteiger partial charge in [0.15, 0.2) is 0 Å². The summed E-state index contributed by atoms with van der Waals surface area (Å²) in [5.74, 6) is -1.36. The number of amides is 1. The monoisotopic (exact) mass is 284 g/mol. The fourth-order valence-electron chi connectivity index (χ4n) is 1.55. The van der Waals surface area contributed by atoms with Gasteiger partial charge < -0.3 is 10.6 Å². The van der Waals surface area contributed by atoms with Gasteiger partial charge in [0.1, 0.15) is 11.6 Å². The number of halogens is 2. The molecule has 1 rings (SSSR count). The lowest BCUT2D eigenvalue weighted by Crippen LogP contribution is -2.50. The molecule has 1 atom stereocenters. The van der Waals surface area contributed by atoms with E-state index in [0.717, 1.165) is 12.5 Å². The smallest absolute Gasteiger partial charge is 0.237 e. The van der Waals surface area contributed by atoms with Gasteiger partial charge in [0.05, 0.1) is 6.04 Å². The van der Waals surface area contributed by atoms with Crippen molar-refractivity contribution < 1.29 is 13.6 Å². The van der Waals surface area contributed by atoms with Gasteiger partial charge >= 0.3 is 0 Å². The third-order valence-corrected chi connectivity index (χ3v) is 3.35. The number of carbonyl (C=O) groups excluding carboxylic acids is 1. The highest BCUT2D eigenvalue weighted by atomic mass is 19.1. The lowest BCUT2D eigenvalue weighted by molar-refractivity contribution is -0.124. The molecule has 1 amide bonds. The molecule has 1 aromatic carbocycles. The molecule has 20 heavy (non-hydrogen) atoms. The van der Waals surface area contributed by atoms with Crippen molar-refractivity contribution in [1.29, 1.82) is 0 Å². The van der Waals surface area contributed by atoms with Crippen molar-refractivity contribution >= 4 is 5.91 Å². The van der Waals surface area contributed by atoms with Crippen LogP contribution in [0, 0.1) is 11.6 Å². The fraction of sp³-hybridized carbons (Fsp3) is 0.533. The third-order valence-electron chi connectivity index (χ3n) is 3.35. The summed E-state index contributed by atoms with van der Waals surface area (Å²) in [6, 6.07) is 2.95. The van der Waals surface area contributed by atoms with E-state index in [9.17, 15) is 13.6 Å². The summed E-state index contributed by atoms with van der Waals surface area (Å²) in [5, 5.41) is 5.84. The molecule has 0 saturated heterocycles. The Morgan fingerprint density at radius 2 is 2.00 bits per heavy atom. The third kappa shape index (κ3) is 4.89. The number of carbonyl (C=O) groups is 1. The predicted molar refractivity (Wildman–Crippen MR) is 75.2 cm³/mol. The van der Waals surface area contributed by atoms with Gasteiger partial charge in [-0.3, -0.25) is 4.79 Å². The lowest BCUT2D eigenvalue weighted by Gasteiger charge is -2.26. The van der Waals surface area contributed by atoms with Gasteiger partial charge in [-0.2, -0.15) is 0 Å². The zero-order valence-corrected chi connectivity index (χ0v) is 12.4. The molecule has 0 aromatic heterocycles. The highest BCUT2D eigenvalue weighted by Gasteiger charge is 2.21. The number of hydrogen-bond acceptors (Lipinski definition) is 2. The molecule has 0 saturated carbocycles. The topological polar surface area (TPSA) is 41.1 Å². The van der Waals surface area contributed by atoms with Gasteiger partial charge in [-0.1, -0.05) is 13.0 Å². The highest BCUT2D eigenvalue weighted by Crippen LogP contribution is 2.10. The normalized spacial score (nSPS) is 13.1. The number of rotatable bonds is 6. The predicted octanol–water partition coefficient (Wildman–Crippen LogP) is 2.75. The summed E-state index contributed by atoms with van der Waals surface area (Å²) < 4.78 is 26.2. The molecule has 0 aliphatic carbocycles. The molecule has 0 heterocycles. The minimum Gasteiger partial charge on any atom is -0.350 e. The minimum absolute atomic E-state index is 0.139. The second kappa shape index (κ2) is 6.79. The van der Waals surface area contributed by atoms with Crippen LogP contribution in [-0.2, 0) is 11.3 Å². The molecule has 2 N–H and O–H groups in total. The Morgan fingerprint density at radius 1 is 1.35 bits per heavy atom. The van der Waals surface area contributed by atoms with Crippen LogP contribution in [0.5, 0.6) is 0 Å². The second-order valence-electron chi connectivity index (χ2n) is 5.57. The molecule has 1 aromatic rings. The summed E-state index contributed by atoms with van der Waals surface area (Å²) in [7, 11) is 0. The summed E-state index contributed by atoms with van der Waals surface area (Å²) >= 11 is 0. The van der Waals surface area contributed by atoms with E-state index in [0.29, 0.717) is 5.56 Å². The second-order valence-corrected chi connectivity index (χ2v) is 5.57. The molecule has 5 heteroatoms. The van der Waals surface area contributed by atoms with Gasteiger partial charge in [0.2, 0.25) is 5.91 Å². The van der Waals surface area contributed by atoms with Crippen LogP contribution < -0.4 is 10.6 Å². The van der Waals surface area contributed by atoms with Crippen LogP contribution in [0.15, 0.2) is 18.2 Å². The van der Waals surface area contributed by atoms with E-state index in [1.807, 2.05) is 20.8 Å². The van der Waals surface area contributed by atoms with Crippen molar-refractivity contribution in [3.8, 4) is 0 Å².